The van der Waals surface area contributed by atoms with Gasteiger partial charge in [-0.15, -0.1) is 0 Å². The summed E-state index contributed by atoms with van der Waals surface area (Å²) in [7, 11) is 1.00. The van der Waals surface area contributed by atoms with Crippen LogP contribution in [0.3, 0.4) is 0 Å². The molecule has 8 heteroatoms. The number of hydrogen-bond acceptors (Lipinski definition) is 4. The zero-order valence-corrected chi connectivity index (χ0v) is 23.6. The van der Waals surface area contributed by atoms with E-state index in [1.807, 2.05) is 45.9 Å². The number of alkyl halides is 3. The van der Waals surface area contributed by atoms with Gasteiger partial charge in [0.05, 0.1) is 12.6 Å². The first-order valence-corrected chi connectivity index (χ1v) is 12.5. The summed E-state index contributed by atoms with van der Waals surface area (Å²) in [6.45, 7) is 22.7. The van der Waals surface area contributed by atoms with Gasteiger partial charge >= 0.3 is 6.18 Å². The highest BCUT2D eigenvalue weighted by Gasteiger charge is 2.33. The minimum atomic E-state index is -4.18. The van der Waals surface area contributed by atoms with Gasteiger partial charge in [0.2, 0.25) is 0 Å². The summed E-state index contributed by atoms with van der Waals surface area (Å²) in [5.41, 5.74) is 1.30. The molecule has 1 aromatic carbocycles. The Balaban J connectivity index is -0.000000398. The summed E-state index contributed by atoms with van der Waals surface area (Å²) in [6, 6.07) is 10.7. The number of benzene rings is 1. The molecule has 0 bridgehead atoms. The second-order valence-corrected chi connectivity index (χ2v) is 6.97. The molecule has 212 valence electrons. The lowest BCUT2D eigenvalue weighted by Gasteiger charge is -2.23. The lowest BCUT2D eigenvalue weighted by atomic mass is 10.2. The fraction of sp³-hybridized carbons (Fsp3) is 0.571. The smallest absolute Gasteiger partial charge is 0.394 e. The maximum absolute atomic E-state index is 12.4. The predicted octanol–water partition coefficient (Wildman–Crippen LogP) is 7.45. The minimum Gasteiger partial charge on any atom is -0.400 e. The van der Waals surface area contributed by atoms with Gasteiger partial charge in [0.25, 0.3) is 0 Å². The molecule has 0 fully saturated rings. The van der Waals surface area contributed by atoms with Crippen molar-refractivity contribution in [3.63, 3.8) is 0 Å². The number of allylic oxidation sites excluding steroid dienone is 3. The number of nitrogens with one attached hydrogen (secondary N) is 2. The van der Waals surface area contributed by atoms with Crippen molar-refractivity contribution in [2.45, 2.75) is 73.6 Å². The van der Waals surface area contributed by atoms with Gasteiger partial charge in [-0.3, -0.25) is 10.2 Å². The molecule has 0 saturated carbocycles. The van der Waals surface area contributed by atoms with E-state index >= 15 is 0 Å². The molecular formula is C28H51F4N3O. The average molecular weight is 522 g/mol. The molecule has 2 atom stereocenters. The van der Waals surface area contributed by atoms with Gasteiger partial charge < -0.3 is 10.4 Å². The third-order valence-electron chi connectivity index (χ3n) is 4.37. The largest absolute Gasteiger partial charge is 0.400 e. The number of aliphatic hydroxyl groups is 1. The molecular weight excluding hydrogens is 470 g/mol. The standard InChI is InChI=1S/C19H30F3N3.C4H5F.2C2H6.CH4O/c1-4-25(14-18-8-6-5-7-9-18)13-11-17(3)24-15-23-12-10-16(2)19(20,21)22;1-3-4(2)5;3*1-2/h5-10,12,16-17,23-24H,4,11,13-15H2,1-3H3;3H,1-2H2;2*1-2H3;2H,1H3/b12-10+;;;;. The van der Waals surface area contributed by atoms with Crippen molar-refractivity contribution in [1.82, 2.24) is 15.5 Å². The average Bonchev–Trinajstić information content (AvgIpc) is 2.90. The molecule has 0 aromatic heterocycles. The lowest BCUT2D eigenvalue weighted by molar-refractivity contribution is -0.156. The van der Waals surface area contributed by atoms with E-state index in [0.29, 0.717) is 6.67 Å². The highest BCUT2D eigenvalue weighted by atomic mass is 19.4. The maximum Gasteiger partial charge on any atom is 0.394 e. The van der Waals surface area contributed by atoms with E-state index in [-0.39, 0.29) is 6.04 Å². The Morgan fingerprint density at radius 2 is 1.58 bits per heavy atom. The summed E-state index contributed by atoms with van der Waals surface area (Å²) < 4.78 is 48.2. The van der Waals surface area contributed by atoms with Crippen molar-refractivity contribution < 1.29 is 22.7 Å². The molecule has 0 aliphatic carbocycles. The molecule has 36 heavy (non-hydrogen) atoms. The van der Waals surface area contributed by atoms with Gasteiger partial charge in [-0.25, -0.2) is 4.39 Å². The van der Waals surface area contributed by atoms with Crippen molar-refractivity contribution in [3.05, 3.63) is 73.2 Å². The van der Waals surface area contributed by atoms with Crippen molar-refractivity contribution in [1.29, 1.82) is 0 Å². The molecule has 0 aliphatic heterocycles. The van der Waals surface area contributed by atoms with Crippen LogP contribution in [0, 0.1) is 5.92 Å². The maximum atomic E-state index is 12.4. The van der Waals surface area contributed by atoms with E-state index in [1.54, 1.807) is 0 Å². The van der Waals surface area contributed by atoms with Crippen LogP contribution in [-0.4, -0.2) is 49.1 Å². The van der Waals surface area contributed by atoms with Gasteiger partial charge in [-0.2, -0.15) is 13.2 Å². The highest BCUT2D eigenvalue weighted by Crippen LogP contribution is 2.26. The van der Waals surface area contributed by atoms with E-state index in [9.17, 15) is 17.6 Å². The second kappa shape index (κ2) is 29.1. The fourth-order valence-electron chi connectivity index (χ4n) is 2.28. The van der Waals surface area contributed by atoms with Crippen LogP contribution < -0.4 is 10.6 Å². The van der Waals surface area contributed by atoms with Crippen molar-refractivity contribution in [2.24, 2.45) is 5.92 Å². The van der Waals surface area contributed by atoms with Crippen LogP contribution in [0.15, 0.2) is 67.7 Å². The number of nitrogens with zero attached hydrogens (tertiary/aromatic N) is 1. The molecule has 0 spiro atoms. The first-order chi connectivity index (χ1) is 17.1. The van der Waals surface area contributed by atoms with E-state index in [1.165, 1.54) is 11.8 Å². The number of rotatable bonds is 12. The Bertz CT molecular complexity index is 623. The van der Waals surface area contributed by atoms with Gasteiger partial charge in [0.15, 0.2) is 0 Å². The SMILES string of the molecule is C=CC(=C)F.CC.CC.CCN(CCC(C)NCN/C=C/C(C)C(F)(F)F)Cc1ccccc1.CO. The summed E-state index contributed by atoms with van der Waals surface area (Å²) in [4.78, 5) is 2.38. The molecule has 0 saturated heterocycles. The third-order valence-corrected chi connectivity index (χ3v) is 4.37. The first-order valence-electron chi connectivity index (χ1n) is 12.5. The van der Waals surface area contributed by atoms with Gasteiger partial charge in [-0.1, -0.05) is 91.1 Å². The molecule has 4 nitrogen and oxygen atoms in total. The molecule has 0 amide bonds. The van der Waals surface area contributed by atoms with E-state index in [2.05, 4.69) is 54.7 Å². The number of aliphatic hydroxyl groups excluding tert-OH is 1. The predicted molar refractivity (Wildman–Crippen MR) is 148 cm³/mol. The van der Waals surface area contributed by atoms with Crippen LogP contribution in [0.1, 0.15) is 60.5 Å². The van der Waals surface area contributed by atoms with Crippen LogP contribution in [-0.2, 0) is 6.54 Å². The van der Waals surface area contributed by atoms with Gasteiger partial charge in [0.1, 0.15) is 5.83 Å². The first kappa shape index (κ1) is 41.0. The number of halogens is 4. The van der Waals surface area contributed by atoms with Crippen molar-refractivity contribution >= 4 is 0 Å². The van der Waals surface area contributed by atoms with Crippen molar-refractivity contribution in [3.8, 4) is 0 Å². The lowest BCUT2D eigenvalue weighted by Crippen LogP contribution is -2.36. The van der Waals surface area contributed by atoms with Crippen LogP contribution in [0.4, 0.5) is 17.6 Å². The van der Waals surface area contributed by atoms with Gasteiger partial charge in [-0.05, 0) is 44.3 Å². The topological polar surface area (TPSA) is 47.5 Å². The Labute approximate surface area is 218 Å². The molecule has 3 N–H and O–H groups in total. The molecule has 1 aromatic rings. The fourth-order valence-corrected chi connectivity index (χ4v) is 2.28. The molecule has 0 radical (unpaired) electrons. The summed E-state index contributed by atoms with van der Waals surface area (Å²) in [5.74, 6) is -1.92. The summed E-state index contributed by atoms with van der Waals surface area (Å²) in [5, 5.41) is 13.1. The van der Waals surface area contributed by atoms with Crippen molar-refractivity contribution in [2.75, 3.05) is 26.9 Å². The highest BCUT2D eigenvalue weighted by molar-refractivity contribution is 5.14. The Kier molecular flexibility index (Phi) is 33.1. The van der Waals surface area contributed by atoms with Gasteiger partial charge in [0, 0.05) is 19.7 Å². The Hall–Kier alpha value is -2.16. The molecule has 0 aliphatic rings. The minimum absolute atomic E-state index is 0.283. The second-order valence-electron chi connectivity index (χ2n) is 6.97. The van der Waals surface area contributed by atoms with Crippen LogP contribution in [0.5, 0.6) is 0 Å². The van der Waals surface area contributed by atoms with Crippen LogP contribution in [0.2, 0.25) is 0 Å². The Morgan fingerprint density at radius 1 is 1.08 bits per heavy atom. The Morgan fingerprint density at radius 3 is 2.00 bits per heavy atom. The van der Waals surface area contributed by atoms with E-state index in [0.717, 1.165) is 52.2 Å². The molecule has 2 unspecified atom stereocenters. The zero-order valence-electron chi connectivity index (χ0n) is 23.6. The number of hydrogen-bond donors (Lipinski definition) is 3. The molecule has 0 heterocycles. The normalized spacial score (nSPS) is 11.7. The summed E-state index contributed by atoms with van der Waals surface area (Å²) in [6.07, 6.45) is 0.350. The quantitative estimate of drug-likeness (QED) is 0.116. The molecule has 1 rings (SSSR count). The third kappa shape index (κ3) is 28.1. The van der Waals surface area contributed by atoms with Crippen LogP contribution >= 0.6 is 0 Å². The van der Waals surface area contributed by atoms with Crippen LogP contribution in [0.25, 0.3) is 0 Å². The van der Waals surface area contributed by atoms with E-state index in [4.69, 9.17) is 5.11 Å². The zero-order chi connectivity index (χ0) is 29.0. The summed E-state index contributed by atoms with van der Waals surface area (Å²) >= 11 is 0. The monoisotopic (exact) mass is 521 g/mol. The van der Waals surface area contributed by atoms with E-state index < -0.39 is 17.9 Å².